The largest absolute Gasteiger partial charge is 0.484 e. The minimum atomic E-state index is 0.182. The van der Waals surface area contributed by atoms with Crippen molar-refractivity contribution in [3.63, 3.8) is 0 Å². The fraction of sp³-hybridized carbons (Fsp3) is 0.368. The second-order valence-corrected chi connectivity index (χ2v) is 7.35. The molecule has 1 fully saturated rings. The van der Waals surface area contributed by atoms with E-state index in [0.717, 1.165) is 5.75 Å². The van der Waals surface area contributed by atoms with Crippen molar-refractivity contribution in [2.24, 2.45) is 5.92 Å². The zero-order chi connectivity index (χ0) is 14.9. The van der Waals surface area contributed by atoms with Crippen molar-refractivity contribution in [1.82, 2.24) is 4.90 Å². The molecule has 0 amide bonds. The summed E-state index contributed by atoms with van der Waals surface area (Å²) in [6.45, 7) is 2.34. The van der Waals surface area contributed by atoms with Crippen molar-refractivity contribution in [3.05, 3.63) is 54.1 Å². The molecule has 1 saturated heterocycles. The molecular formula is C19H21NOS. The topological polar surface area (TPSA) is 12.5 Å². The van der Waals surface area contributed by atoms with Gasteiger partial charge in [-0.2, -0.15) is 0 Å². The summed E-state index contributed by atoms with van der Waals surface area (Å²) in [4.78, 5) is 4.99. The Labute approximate surface area is 136 Å². The van der Waals surface area contributed by atoms with Crippen LogP contribution >= 0.6 is 11.8 Å². The molecule has 0 aromatic heterocycles. The third-order valence-electron chi connectivity index (χ3n) is 4.74. The number of ether oxygens (including phenoxy) is 1. The molecule has 2 aliphatic rings. The fourth-order valence-corrected chi connectivity index (χ4v) is 4.49. The van der Waals surface area contributed by atoms with Crippen LogP contribution in [-0.4, -0.2) is 25.0 Å². The second-order valence-electron chi connectivity index (χ2n) is 6.27. The molecule has 0 saturated carbocycles. The first-order valence-electron chi connectivity index (χ1n) is 8.02. The summed E-state index contributed by atoms with van der Waals surface area (Å²) in [5.74, 6) is 1.64. The average Bonchev–Trinajstić information content (AvgIpc) is 2.72. The van der Waals surface area contributed by atoms with Gasteiger partial charge in [0.25, 0.3) is 0 Å². The van der Waals surface area contributed by atoms with Crippen LogP contribution in [0, 0.1) is 5.92 Å². The third-order valence-corrected chi connectivity index (χ3v) is 5.89. The lowest BCUT2D eigenvalue weighted by Gasteiger charge is -2.34. The molecule has 114 valence electrons. The first kappa shape index (κ1) is 14.2. The minimum absolute atomic E-state index is 0.182. The van der Waals surface area contributed by atoms with Gasteiger partial charge in [0.05, 0.1) is 4.90 Å². The molecule has 0 spiro atoms. The van der Waals surface area contributed by atoms with Crippen molar-refractivity contribution in [2.45, 2.75) is 28.7 Å². The van der Waals surface area contributed by atoms with Crippen LogP contribution in [0.15, 0.2) is 58.3 Å². The van der Waals surface area contributed by atoms with E-state index in [2.05, 4.69) is 60.5 Å². The number of likely N-dealkylation sites (tertiary alicyclic amines) is 1. The molecule has 22 heavy (non-hydrogen) atoms. The van der Waals surface area contributed by atoms with Gasteiger partial charge in [0.2, 0.25) is 0 Å². The summed E-state index contributed by atoms with van der Waals surface area (Å²) in [7, 11) is 2.21. The summed E-state index contributed by atoms with van der Waals surface area (Å²) in [5.41, 5.74) is 1.36. The van der Waals surface area contributed by atoms with Gasteiger partial charge in [-0.1, -0.05) is 42.1 Å². The van der Waals surface area contributed by atoms with Crippen LogP contribution in [0.3, 0.4) is 0 Å². The van der Waals surface area contributed by atoms with Gasteiger partial charge in [-0.15, -0.1) is 0 Å². The van der Waals surface area contributed by atoms with Crippen molar-refractivity contribution in [1.29, 1.82) is 0 Å². The lowest BCUT2D eigenvalue weighted by atomic mass is 9.87. The van der Waals surface area contributed by atoms with Gasteiger partial charge in [-0.25, -0.2) is 0 Å². The first-order chi connectivity index (χ1) is 10.8. The average molecular weight is 311 g/mol. The van der Waals surface area contributed by atoms with E-state index in [-0.39, 0.29) is 6.10 Å². The van der Waals surface area contributed by atoms with Crippen LogP contribution in [0.25, 0.3) is 0 Å². The molecule has 2 aliphatic heterocycles. The molecule has 1 atom stereocenters. The minimum Gasteiger partial charge on any atom is -0.484 e. The van der Waals surface area contributed by atoms with Gasteiger partial charge < -0.3 is 9.64 Å². The van der Waals surface area contributed by atoms with E-state index >= 15 is 0 Å². The fourth-order valence-electron chi connectivity index (χ4n) is 3.44. The van der Waals surface area contributed by atoms with E-state index in [1.807, 2.05) is 11.8 Å². The quantitative estimate of drug-likeness (QED) is 0.763. The van der Waals surface area contributed by atoms with E-state index in [4.69, 9.17) is 4.74 Å². The number of benzene rings is 2. The van der Waals surface area contributed by atoms with Gasteiger partial charge in [0.15, 0.2) is 0 Å². The van der Waals surface area contributed by atoms with Crippen molar-refractivity contribution < 1.29 is 4.74 Å². The summed E-state index contributed by atoms with van der Waals surface area (Å²) in [6, 6.07) is 17.2. The van der Waals surface area contributed by atoms with Gasteiger partial charge in [-0.05, 0) is 51.2 Å². The zero-order valence-electron chi connectivity index (χ0n) is 12.9. The molecule has 4 rings (SSSR count). The second kappa shape index (κ2) is 5.98. The lowest BCUT2D eigenvalue weighted by molar-refractivity contribution is 0.0818. The molecule has 0 bridgehead atoms. The monoisotopic (exact) mass is 311 g/mol. The zero-order valence-corrected chi connectivity index (χ0v) is 13.7. The molecule has 0 N–H and O–H groups in total. The number of hydrogen-bond acceptors (Lipinski definition) is 3. The van der Waals surface area contributed by atoms with Crippen molar-refractivity contribution in [2.75, 3.05) is 20.1 Å². The summed E-state index contributed by atoms with van der Waals surface area (Å²) in [6.07, 6.45) is 2.60. The maximum absolute atomic E-state index is 6.52. The Balaban J connectivity index is 1.73. The highest BCUT2D eigenvalue weighted by molar-refractivity contribution is 7.99. The maximum Gasteiger partial charge on any atom is 0.134 e. The number of rotatable bonds is 1. The highest BCUT2D eigenvalue weighted by Crippen LogP contribution is 2.47. The van der Waals surface area contributed by atoms with Gasteiger partial charge >= 0.3 is 0 Å². The molecule has 0 aliphatic carbocycles. The molecule has 2 heterocycles. The molecule has 2 aromatic rings. The Bertz CT molecular complexity index is 664. The Morgan fingerprint density at radius 3 is 2.45 bits per heavy atom. The number of fused-ring (bicyclic) bond motifs is 2. The highest BCUT2D eigenvalue weighted by atomic mass is 32.2. The molecular weight excluding hydrogens is 290 g/mol. The van der Waals surface area contributed by atoms with Crippen LogP contribution in [0.1, 0.15) is 24.5 Å². The Morgan fingerprint density at radius 1 is 0.955 bits per heavy atom. The van der Waals surface area contributed by atoms with Crippen LogP contribution in [0.4, 0.5) is 0 Å². The SMILES string of the molecule is CN1CCC(C2Oc3ccccc3Sc3ccccc32)CC1. The number of para-hydroxylation sites is 1. The highest BCUT2D eigenvalue weighted by Gasteiger charge is 2.32. The van der Waals surface area contributed by atoms with Crippen molar-refractivity contribution >= 4 is 11.8 Å². The molecule has 0 radical (unpaired) electrons. The normalized spacial score (nSPS) is 22.3. The number of hydrogen-bond donors (Lipinski definition) is 0. The third kappa shape index (κ3) is 2.64. The van der Waals surface area contributed by atoms with Crippen LogP contribution < -0.4 is 4.74 Å². The molecule has 2 aromatic carbocycles. The molecule has 1 unspecified atom stereocenters. The maximum atomic E-state index is 6.52. The Hall–Kier alpha value is -1.45. The summed E-state index contributed by atoms with van der Waals surface area (Å²) >= 11 is 1.84. The lowest BCUT2D eigenvalue weighted by Crippen LogP contribution is -2.34. The predicted molar refractivity (Wildman–Crippen MR) is 90.6 cm³/mol. The Morgan fingerprint density at radius 2 is 1.64 bits per heavy atom. The molecule has 2 nitrogen and oxygen atoms in total. The smallest absolute Gasteiger partial charge is 0.134 e. The van der Waals surface area contributed by atoms with Crippen molar-refractivity contribution in [3.8, 4) is 5.75 Å². The van der Waals surface area contributed by atoms with E-state index in [1.54, 1.807) is 0 Å². The number of nitrogens with zero attached hydrogens (tertiary/aromatic N) is 1. The van der Waals surface area contributed by atoms with Crippen LogP contribution in [-0.2, 0) is 0 Å². The van der Waals surface area contributed by atoms with Crippen LogP contribution in [0.2, 0.25) is 0 Å². The van der Waals surface area contributed by atoms with E-state index in [9.17, 15) is 0 Å². The van der Waals surface area contributed by atoms with E-state index in [0.29, 0.717) is 5.92 Å². The predicted octanol–water partition coefficient (Wildman–Crippen LogP) is 4.61. The van der Waals surface area contributed by atoms with Gasteiger partial charge in [0, 0.05) is 16.4 Å². The summed E-state index contributed by atoms with van der Waals surface area (Å²) in [5, 5.41) is 0. The molecule has 3 heteroatoms. The van der Waals surface area contributed by atoms with E-state index < -0.39 is 0 Å². The standard InChI is InChI=1S/C19H21NOS/c1-20-12-10-14(11-13-20)19-15-6-2-4-8-17(15)22-18-9-5-3-7-16(18)21-19/h2-9,14,19H,10-13H2,1H3. The van der Waals surface area contributed by atoms with Gasteiger partial charge in [0.1, 0.15) is 11.9 Å². The Kier molecular flexibility index (Phi) is 3.85. The first-order valence-corrected chi connectivity index (χ1v) is 8.84. The summed E-state index contributed by atoms with van der Waals surface area (Å²) < 4.78 is 6.52. The van der Waals surface area contributed by atoms with E-state index in [1.165, 1.54) is 41.3 Å². The van der Waals surface area contributed by atoms with Crippen LogP contribution in [0.5, 0.6) is 5.75 Å². The number of piperidine rings is 1. The van der Waals surface area contributed by atoms with Gasteiger partial charge in [-0.3, -0.25) is 0 Å².